The van der Waals surface area contributed by atoms with E-state index in [2.05, 4.69) is 46.5 Å². The maximum atomic E-state index is 13.1. The average molecular weight is 500 g/mol. The SMILES string of the molecule is CC(C)[Si](OCCc1cccc(N(CCc2ccccn2)C(=O)OC(C)(C)C)n1)(C(C)C)C(C)C. The zero-order chi connectivity index (χ0) is 26.2. The Labute approximate surface area is 213 Å². The van der Waals surface area contributed by atoms with E-state index in [0.717, 1.165) is 11.4 Å². The Hall–Kier alpha value is -2.25. The fraction of sp³-hybridized carbons (Fsp3) is 0.607. The van der Waals surface area contributed by atoms with Crippen molar-refractivity contribution in [2.45, 2.75) is 97.4 Å². The van der Waals surface area contributed by atoms with Crippen LogP contribution >= 0.6 is 0 Å². The van der Waals surface area contributed by atoms with Crippen molar-refractivity contribution in [2.24, 2.45) is 0 Å². The lowest BCUT2D eigenvalue weighted by Crippen LogP contribution is -2.48. The third-order valence-electron chi connectivity index (χ3n) is 6.42. The summed E-state index contributed by atoms with van der Waals surface area (Å²) < 4.78 is 12.4. The lowest BCUT2D eigenvalue weighted by atomic mass is 10.2. The van der Waals surface area contributed by atoms with Gasteiger partial charge in [-0.1, -0.05) is 53.7 Å². The minimum atomic E-state index is -1.93. The number of pyridine rings is 2. The minimum absolute atomic E-state index is 0.403. The summed E-state index contributed by atoms with van der Waals surface area (Å²) in [5, 5.41) is 0. The molecule has 1 amide bonds. The Balaban J connectivity index is 2.20. The molecule has 0 aliphatic heterocycles. The number of aromatic nitrogens is 2. The first kappa shape index (κ1) is 29.0. The van der Waals surface area contributed by atoms with Gasteiger partial charge in [0.1, 0.15) is 11.4 Å². The van der Waals surface area contributed by atoms with E-state index in [-0.39, 0.29) is 0 Å². The fourth-order valence-electron chi connectivity index (χ4n) is 4.98. The van der Waals surface area contributed by atoms with Gasteiger partial charge in [0.05, 0.1) is 0 Å². The van der Waals surface area contributed by atoms with Crippen molar-refractivity contribution in [3.63, 3.8) is 0 Å². The number of nitrogens with zero attached hydrogens (tertiary/aromatic N) is 3. The molecular weight excluding hydrogens is 454 g/mol. The molecule has 6 nitrogen and oxygen atoms in total. The van der Waals surface area contributed by atoms with Gasteiger partial charge in [-0.3, -0.25) is 9.88 Å². The van der Waals surface area contributed by atoms with E-state index >= 15 is 0 Å². The highest BCUT2D eigenvalue weighted by Gasteiger charge is 2.44. The van der Waals surface area contributed by atoms with Crippen LogP contribution in [0.4, 0.5) is 10.6 Å². The quantitative estimate of drug-likeness (QED) is 0.306. The zero-order valence-electron chi connectivity index (χ0n) is 23.2. The van der Waals surface area contributed by atoms with Crippen LogP contribution in [0.2, 0.25) is 16.6 Å². The summed E-state index contributed by atoms with van der Waals surface area (Å²) in [5.74, 6) is 0.591. The second kappa shape index (κ2) is 12.6. The van der Waals surface area contributed by atoms with Gasteiger partial charge in [-0.2, -0.15) is 0 Å². The normalized spacial score (nSPS) is 12.5. The van der Waals surface area contributed by atoms with E-state index in [0.29, 0.717) is 48.4 Å². The van der Waals surface area contributed by atoms with Gasteiger partial charge in [-0.05, 0) is 61.7 Å². The van der Waals surface area contributed by atoms with Crippen molar-refractivity contribution in [2.75, 3.05) is 18.1 Å². The van der Waals surface area contributed by atoms with E-state index < -0.39 is 20.0 Å². The molecule has 7 heteroatoms. The maximum absolute atomic E-state index is 13.1. The highest BCUT2D eigenvalue weighted by atomic mass is 28.4. The number of amides is 1. The summed E-state index contributed by atoms with van der Waals surface area (Å²) in [6.07, 6.45) is 2.68. The Bertz CT molecular complexity index is 905. The van der Waals surface area contributed by atoms with Crippen LogP contribution in [0.5, 0.6) is 0 Å². The van der Waals surface area contributed by atoms with Gasteiger partial charge in [-0.25, -0.2) is 9.78 Å². The minimum Gasteiger partial charge on any atom is -0.443 e. The molecule has 0 spiro atoms. The van der Waals surface area contributed by atoms with Crippen molar-refractivity contribution in [3.8, 4) is 0 Å². The van der Waals surface area contributed by atoms with E-state index in [9.17, 15) is 4.79 Å². The Morgan fingerprint density at radius 1 is 0.914 bits per heavy atom. The van der Waals surface area contributed by atoms with Crippen LogP contribution in [0.25, 0.3) is 0 Å². The molecule has 0 N–H and O–H groups in total. The molecule has 0 aromatic carbocycles. The summed E-state index contributed by atoms with van der Waals surface area (Å²) in [7, 11) is -1.93. The predicted molar refractivity (Wildman–Crippen MR) is 146 cm³/mol. The number of anilines is 1. The molecular formula is C28H45N3O3Si. The van der Waals surface area contributed by atoms with Gasteiger partial charge in [-0.15, -0.1) is 0 Å². The first-order valence-corrected chi connectivity index (χ1v) is 15.0. The molecule has 0 aliphatic carbocycles. The first-order valence-electron chi connectivity index (χ1n) is 12.9. The molecule has 35 heavy (non-hydrogen) atoms. The second-order valence-corrected chi connectivity index (χ2v) is 16.6. The smallest absolute Gasteiger partial charge is 0.416 e. The van der Waals surface area contributed by atoms with Gasteiger partial charge in [0.15, 0.2) is 8.32 Å². The third kappa shape index (κ3) is 8.14. The number of hydrogen-bond donors (Lipinski definition) is 0. The van der Waals surface area contributed by atoms with E-state index in [4.69, 9.17) is 14.1 Å². The van der Waals surface area contributed by atoms with Crippen molar-refractivity contribution >= 4 is 20.2 Å². The standard InChI is InChI=1S/C28H45N3O3Si/c1-21(2)35(22(3)4,23(5)6)33-20-17-25-14-12-15-26(30-25)31(27(32)34-28(7,8)9)19-16-24-13-10-11-18-29-24/h10-15,18,21-23H,16-17,19-20H2,1-9H3. The molecule has 2 heterocycles. The van der Waals surface area contributed by atoms with Gasteiger partial charge in [0, 0.05) is 43.6 Å². The second-order valence-electron chi connectivity index (χ2n) is 11.1. The summed E-state index contributed by atoms with van der Waals surface area (Å²) in [4.78, 5) is 23.9. The molecule has 0 unspecified atom stereocenters. The van der Waals surface area contributed by atoms with Crippen LogP contribution in [0.15, 0.2) is 42.6 Å². The fourth-order valence-corrected chi connectivity index (χ4v) is 10.4. The van der Waals surface area contributed by atoms with Crippen LogP contribution in [0.3, 0.4) is 0 Å². The molecule has 0 saturated heterocycles. The van der Waals surface area contributed by atoms with Crippen molar-refractivity contribution < 1.29 is 14.0 Å². The highest BCUT2D eigenvalue weighted by molar-refractivity contribution is 6.77. The van der Waals surface area contributed by atoms with Gasteiger partial charge < -0.3 is 9.16 Å². The summed E-state index contributed by atoms with van der Waals surface area (Å²) in [5.41, 5.74) is 2.85. The van der Waals surface area contributed by atoms with Crippen molar-refractivity contribution in [1.29, 1.82) is 0 Å². The third-order valence-corrected chi connectivity index (χ3v) is 12.5. The number of hydrogen-bond acceptors (Lipinski definition) is 5. The Morgan fingerprint density at radius 3 is 2.09 bits per heavy atom. The van der Waals surface area contributed by atoms with E-state index in [1.165, 1.54) is 0 Å². The summed E-state index contributed by atoms with van der Waals surface area (Å²) in [6, 6.07) is 11.6. The molecule has 194 valence electrons. The summed E-state index contributed by atoms with van der Waals surface area (Å²) in [6.45, 7) is 20.5. The summed E-state index contributed by atoms with van der Waals surface area (Å²) >= 11 is 0. The molecule has 0 atom stereocenters. The molecule has 2 aromatic heterocycles. The van der Waals surface area contributed by atoms with Gasteiger partial charge in [0.25, 0.3) is 0 Å². The molecule has 0 radical (unpaired) electrons. The van der Waals surface area contributed by atoms with Crippen LogP contribution < -0.4 is 4.90 Å². The van der Waals surface area contributed by atoms with Gasteiger partial charge in [0.2, 0.25) is 0 Å². The van der Waals surface area contributed by atoms with Crippen LogP contribution in [0.1, 0.15) is 73.7 Å². The molecule has 0 saturated carbocycles. The van der Waals surface area contributed by atoms with Gasteiger partial charge >= 0.3 is 6.09 Å². The predicted octanol–water partition coefficient (Wildman–Crippen LogP) is 7.20. The molecule has 2 aromatic rings. The van der Waals surface area contributed by atoms with Crippen molar-refractivity contribution in [1.82, 2.24) is 9.97 Å². The molecule has 2 rings (SSSR count). The highest BCUT2D eigenvalue weighted by Crippen LogP contribution is 2.42. The number of carbonyl (C=O) groups is 1. The molecule has 0 aliphatic rings. The number of carbonyl (C=O) groups excluding carboxylic acids is 1. The topological polar surface area (TPSA) is 64.5 Å². The maximum Gasteiger partial charge on any atom is 0.416 e. The van der Waals surface area contributed by atoms with E-state index in [1.807, 2.05) is 57.2 Å². The Kier molecular flexibility index (Phi) is 10.5. The van der Waals surface area contributed by atoms with Crippen LogP contribution in [-0.2, 0) is 22.0 Å². The van der Waals surface area contributed by atoms with Crippen molar-refractivity contribution in [3.05, 3.63) is 54.0 Å². The first-order chi connectivity index (χ1) is 16.4. The molecule has 0 bridgehead atoms. The largest absolute Gasteiger partial charge is 0.443 e. The average Bonchev–Trinajstić information content (AvgIpc) is 2.76. The number of rotatable bonds is 11. The number of ether oxygens (including phenoxy) is 1. The van der Waals surface area contributed by atoms with Crippen LogP contribution in [0, 0.1) is 0 Å². The monoisotopic (exact) mass is 499 g/mol. The lowest BCUT2D eigenvalue weighted by molar-refractivity contribution is 0.0579. The molecule has 0 fully saturated rings. The van der Waals surface area contributed by atoms with E-state index in [1.54, 1.807) is 11.1 Å². The Morgan fingerprint density at radius 2 is 1.54 bits per heavy atom. The zero-order valence-corrected chi connectivity index (χ0v) is 24.2. The van der Waals surface area contributed by atoms with Crippen LogP contribution in [-0.4, -0.2) is 43.1 Å². The lowest BCUT2D eigenvalue weighted by Gasteiger charge is -2.42.